The van der Waals surface area contributed by atoms with Gasteiger partial charge in [0.1, 0.15) is 0 Å². The summed E-state index contributed by atoms with van der Waals surface area (Å²) in [6.07, 6.45) is 14.2. The quantitative estimate of drug-likeness (QED) is 0.150. The number of rotatable bonds is 8. The van der Waals surface area contributed by atoms with Crippen molar-refractivity contribution in [1.82, 2.24) is 0 Å². The van der Waals surface area contributed by atoms with Crippen molar-refractivity contribution in [2.24, 2.45) is 47.3 Å². The molecule has 0 atom stereocenters. The van der Waals surface area contributed by atoms with Crippen LogP contribution in [0, 0.1) is 47.3 Å². The van der Waals surface area contributed by atoms with Crippen molar-refractivity contribution in [3.05, 3.63) is 324 Å². The molecular weight excluding hydrogens is 1210 g/mol. The fourth-order valence-electron chi connectivity index (χ4n) is 24.2. The second-order valence-electron chi connectivity index (χ2n) is 33.1. The summed E-state index contributed by atoms with van der Waals surface area (Å²) in [5.41, 5.74) is 35.9. The fourth-order valence-corrected chi connectivity index (χ4v) is 24.2. The maximum atomic E-state index is 2.57. The van der Waals surface area contributed by atoms with Gasteiger partial charge < -0.3 is 9.80 Å². The average Bonchev–Trinajstić information content (AvgIpc) is 1.48. The first kappa shape index (κ1) is 59.1. The van der Waals surface area contributed by atoms with Crippen LogP contribution >= 0.6 is 0 Å². The maximum absolute atomic E-state index is 2.57. The van der Waals surface area contributed by atoms with Gasteiger partial charge >= 0.3 is 0 Å². The highest BCUT2D eigenvalue weighted by Gasteiger charge is 2.63. The Balaban J connectivity index is 0.000000131. The van der Waals surface area contributed by atoms with Gasteiger partial charge in [0.15, 0.2) is 0 Å². The summed E-state index contributed by atoms with van der Waals surface area (Å²) < 4.78 is 0. The number of benzene rings is 12. The third-order valence-electron chi connectivity index (χ3n) is 27.7. The number of nitrogens with zero attached hydrogens (tertiary/aromatic N) is 2. The van der Waals surface area contributed by atoms with Crippen LogP contribution in [-0.4, -0.2) is 0 Å². The van der Waals surface area contributed by atoms with Crippen LogP contribution in [0.5, 0.6) is 0 Å². The van der Waals surface area contributed by atoms with Crippen molar-refractivity contribution in [3.63, 3.8) is 0 Å². The Labute approximate surface area is 591 Å². The van der Waals surface area contributed by atoms with Gasteiger partial charge in [-0.25, -0.2) is 0 Å². The van der Waals surface area contributed by atoms with Crippen molar-refractivity contribution in [1.29, 1.82) is 0 Å². The van der Waals surface area contributed by atoms with Crippen LogP contribution in [0.2, 0.25) is 0 Å². The van der Waals surface area contributed by atoms with Gasteiger partial charge in [0, 0.05) is 50.0 Å². The van der Waals surface area contributed by atoms with Crippen LogP contribution in [0.4, 0.5) is 34.1 Å². The topological polar surface area (TPSA) is 6.48 Å². The molecule has 12 aromatic carbocycles. The van der Waals surface area contributed by atoms with Crippen LogP contribution in [-0.2, 0) is 21.7 Å². The van der Waals surface area contributed by atoms with Crippen molar-refractivity contribution in [3.8, 4) is 66.8 Å². The zero-order chi connectivity index (χ0) is 66.4. The Bertz CT molecular complexity index is 5220. The largest absolute Gasteiger partial charge is 0.310 e. The molecule has 0 heterocycles. The van der Waals surface area contributed by atoms with Gasteiger partial charge in [0.05, 0.1) is 11.4 Å². The molecule has 0 aliphatic heterocycles. The SMILES string of the molecule is CC1(C)c2ccccc2-c2c(N(c3ccc(-c4ccccc4)cc3)c3ccc4c(c3)-c3ccccc3C43C4CC5CC(C4)CC3C5)cccc21.CC1(C)c2ccccc2-c2cccc(N(c3ccc(-c4ccccc4)cc3)c3ccc4c(c3)-c3ccccc3C43C4CC5CC(C4)CC3C5)c21. The number of hydrogen-bond donors (Lipinski definition) is 0. The van der Waals surface area contributed by atoms with Crippen LogP contribution in [0.25, 0.3) is 66.8 Å². The molecular formula is C98H86N2. The molecule has 8 saturated carbocycles. The molecule has 2 nitrogen and oxygen atoms in total. The van der Waals surface area contributed by atoms with Crippen LogP contribution in [0.15, 0.2) is 279 Å². The van der Waals surface area contributed by atoms with E-state index in [0.717, 1.165) is 47.3 Å². The van der Waals surface area contributed by atoms with E-state index in [1.54, 1.807) is 22.3 Å². The van der Waals surface area contributed by atoms with Crippen LogP contribution in [0.1, 0.15) is 136 Å². The lowest BCUT2D eigenvalue weighted by molar-refractivity contribution is -0.0399. The highest BCUT2D eigenvalue weighted by molar-refractivity contribution is 5.98. The predicted molar refractivity (Wildman–Crippen MR) is 415 cm³/mol. The molecule has 2 spiro atoms. The maximum Gasteiger partial charge on any atom is 0.0543 e. The Hall–Kier alpha value is -9.76. The summed E-state index contributed by atoms with van der Waals surface area (Å²) >= 11 is 0. The van der Waals surface area contributed by atoms with Gasteiger partial charge in [0.25, 0.3) is 0 Å². The smallest absolute Gasteiger partial charge is 0.0543 e. The summed E-state index contributed by atoms with van der Waals surface area (Å²) in [5, 5.41) is 0. The van der Waals surface area contributed by atoms with E-state index >= 15 is 0 Å². The first-order valence-corrected chi connectivity index (χ1v) is 37.9. The molecule has 12 aliphatic rings. The molecule has 0 N–H and O–H groups in total. The highest BCUT2D eigenvalue weighted by Crippen LogP contribution is 2.72. The molecule has 0 unspecified atom stereocenters. The van der Waals surface area contributed by atoms with Gasteiger partial charge in [-0.2, -0.15) is 0 Å². The summed E-state index contributed by atoms with van der Waals surface area (Å²) in [7, 11) is 0. The van der Waals surface area contributed by atoms with E-state index in [-0.39, 0.29) is 21.7 Å². The zero-order valence-corrected chi connectivity index (χ0v) is 58.1. The zero-order valence-electron chi connectivity index (χ0n) is 58.1. The number of hydrogen-bond acceptors (Lipinski definition) is 2. The molecule has 12 aliphatic carbocycles. The van der Waals surface area contributed by atoms with Gasteiger partial charge in [0.2, 0.25) is 0 Å². The lowest BCUT2D eigenvalue weighted by atomic mass is 9.43. The lowest BCUT2D eigenvalue weighted by Gasteiger charge is -2.61. The fraction of sp³-hybridized carbons (Fsp3) is 0.265. The van der Waals surface area contributed by atoms with Gasteiger partial charge in [-0.1, -0.05) is 246 Å². The normalized spacial score (nSPS) is 25.6. The Kier molecular flexibility index (Phi) is 12.9. The van der Waals surface area contributed by atoms with Crippen molar-refractivity contribution in [2.45, 2.75) is 114 Å². The van der Waals surface area contributed by atoms with E-state index in [9.17, 15) is 0 Å². The molecule has 24 rings (SSSR count). The third kappa shape index (κ3) is 8.31. The van der Waals surface area contributed by atoms with Crippen molar-refractivity contribution < 1.29 is 0 Å². The minimum Gasteiger partial charge on any atom is -0.310 e. The second-order valence-corrected chi connectivity index (χ2v) is 33.1. The van der Waals surface area contributed by atoms with Gasteiger partial charge in [-0.3, -0.25) is 0 Å². The third-order valence-corrected chi connectivity index (χ3v) is 27.7. The minimum atomic E-state index is -0.126. The predicted octanol–water partition coefficient (Wildman–Crippen LogP) is 25.7. The first-order valence-electron chi connectivity index (χ1n) is 37.9. The molecule has 0 amide bonds. The summed E-state index contributed by atoms with van der Waals surface area (Å²) in [6, 6.07) is 106. The molecule has 2 heteroatoms. The number of fused-ring (bicyclic) bond motifs is 12. The monoisotopic (exact) mass is 1290 g/mol. The van der Waals surface area contributed by atoms with E-state index in [2.05, 4.69) is 317 Å². The van der Waals surface area contributed by atoms with Crippen LogP contribution < -0.4 is 9.80 Å². The Morgan fingerprint density at radius 2 is 0.570 bits per heavy atom. The average molecular weight is 1290 g/mol. The molecule has 8 fully saturated rings. The Morgan fingerprint density at radius 1 is 0.240 bits per heavy atom. The molecule has 12 aromatic rings. The van der Waals surface area contributed by atoms with E-state index in [0.29, 0.717) is 0 Å². The van der Waals surface area contributed by atoms with E-state index in [1.165, 1.54) is 187 Å². The molecule has 488 valence electrons. The standard InChI is InChI=1S/2C49H43N/c1-48(2)42-15-8-7-14-40(42)47-45(48)17-10-18-46(47)50(37-21-19-34(20-22-37)33-11-4-3-5-12-33)38-23-24-44-41(30-38)39-13-6-9-16-43(39)49(44)35-26-31-25-32(28-35)29-36(49)27-31;1-48(2)43-16-8-6-13-39(43)41-15-10-18-46(47(41)48)50(37-21-19-34(20-22-37)33-11-4-3-5-12-33)38-23-24-45-42(30-38)40-14-7-9-17-44(40)49(45)35-26-31-25-32(28-35)29-36(49)27-31/h2*3-24,30-32,35-36H,25-29H2,1-2H3. The van der Waals surface area contributed by atoms with Gasteiger partial charge in [-0.05, 0) is 278 Å². The van der Waals surface area contributed by atoms with Crippen LogP contribution in [0.3, 0.4) is 0 Å². The number of anilines is 6. The van der Waals surface area contributed by atoms with E-state index in [1.807, 2.05) is 0 Å². The van der Waals surface area contributed by atoms with Gasteiger partial charge in [-0.15, -0.1) is 0 Å². The lowest BCUT2D eigenvalue weighted by Crippen LogP contribution is -2.55. The summed E-state index contributed by atoms with van der Waals surface area (Å²) in [4.78, 5) is 5.11. The first-order chi connectivity index (χ1) is 49.0. The Morgan fingerprint density at radius 3 is 1.04 bits per heavy atom. The van der Waals surface area contributed by atoms with E-state index in [4.69, 9.17) is 0 Å². The highest BCUT2D eigenvalue weighted by atomic mass is 15.2. The summed E-state index contributed by atoms with van der Waals surface area (Å²) in [5.74, 6) is 6.85. The minimum absolute atomic E-state index is 0.0620. The molecule has 8 bridgehead atoms. The molecule has 100 heavy (non-hydrogen) atoms. The van der Waals surface area contributed by atoms with Crippen molar-refractivity contribution in [2.75, 3.05) is 9.80 Å². The molecule has 0 radical (unpaired) electrons. The second kappa shape index (κ2) is 21.9. The molecule has 0 aromatic heterocycles. The molecule has 0 saturated heterocycles. The van der Waals surface area contributed by atoms with Crippen molar-refractivity contribution >= 4 is 34.1 Å². The summed E-state index contributed by atoms with van der Waals surface area (Å²) in [6.45, 7) is 9.59. The van der Waals surface area contributed by atoms with E-state index < -0.39 is 0 Å².